The Morgan fingerprint density at radius 3 is 2.74 bits per heavy atom. The van der Waals surface area contributed by atoms with E-state index in [0.29, 0.717) is 11.3 Å². The van der Waals surface area contributed by atoms with Crippen molar-refractivity contribution in [1.29, 1.82) is 5.26 Å². The van der Waals surface area contributed by atoms with Crippen molar-refractivity contribution in [3.63, 3.8) is 0 Å². The van der Waals surface area contributed by atoms with E-state index in [1.807, 2.05) is 6.07 Å². The average Bonchev–Trinajstić information content (AvgIpc) is 2.43. The minimum absolute atomic E-state index is 0.00594. The Kier molecular flexibility index (Phi) is 4.13. The van der Waals surface area contributed by atoms with Crippen LogP contribution in [-0.4, -0.2) is 0 Å². The molecule has 0 aliphatic rings. The van der Waals surface area contributed by atoms with Gasteiger partial charge in [0.2, 0.25) is 0 Å². The van der Waals surface area contributed by atoms with E-state index < -0.39 is 11.6 Å². The molecule has 0 heterocycles. The van der Waals surface area contributed by atoms with Crippen LogP contribution in [0.2, 0.25) is 0 Å². The summed E-state index contributed by atoms with van der Waals surface area (Å²) in [5, 5.41) is 11.7. The summed E-state index contributed by atoms with van der Waals surface area (Å²) < 4.78 is 27.5. The smallest absolute Gasteiger partial charge is 0.145 e. The van der Waals surface area contributed by atoms with E-state index in [0.717, 1.165) is 0 Å². The minimum atomic E-state index is -0.621. The quantitative estimate of drug-likeness (QED) is 0.859. The number of hydrogen-bond acceptors (Lipinski definition) is 2. The monoisotopic (exact) mass is 322 g/mol. The van der Waals surface area contributed by atoms with Crippen molar-refractivity contribution in [3.05, 3.63) is 63.6 Å². The number of anilines is 1. The lowest BCUT2D eigenvalue weighted by molar-refractivity contribution is 0.555. The molecule has 2 nitrogen and oxygen atoms in total. The molecule has 0 saturated carbocycles. The number of nitrogens with zero attached hydrogens (tertiary/aromatic N) is 1. The Morgan fingerprint density at radius 1 is 1.21 bits per heavy atom. The molecule has 19 heavy (non-hydrogen) atoms. The predicted molar refractivity (Wildman–Crippen MR) is 72.5 cm³/mol. The summed E-state index contributed by atoms with van der Waals surface area (Å²) in [7, 11) is 0. The SMILES string of the molecule is N#Cc1cccc(NCc2c(F)ccc(Br)c2F)c1. The van der Waals surface area contributed by atoms with E-state index in [1.165, 1.54) is 12.1 Å². The van der Waals surface area contributed by atoms with Crippen LogP contribution in [0.15, 0.2) is 40.9 Å². The van der Waals surface area contributed by atoms with Gasteiger partial charge in [0.15, 0.2) is 0 Å². The van der Waals surface area contributed by atoms with Crippen LogP contribution in [0, 0.1) is 23.0 Å². The number of halogens is 3. The molecule has 0 aliphatic heterocycles. The van der Waals surface area contributed by atoms with Gasteiger partial charge in [-0.1, -0.05) is 6.07 Å². The molecule has 0 unspecified atom stereocenters. The Hall–Kier alpha value is -1.93. The average molecular weight is 323 g/mol. The topological polar surface area (TPSA) is 35.8 Å². The van der Waals surface area contributed by atoms with Crippen LogP contribution in [-0.2, 0) is 6.54 Å². The summed E-state index contributed by atoms with van der Waals surface area (Å²) in [6.07, 6.45) is 0. The normalized spacial score (nSPS) is 10.0. The van der Waals surface area contributed by atoms with Crippen molar-refractivity contribution in [2.75, 3.05) is 5.32 Å². The molecule has 0 aromatic heterocycles. The van der Waals surface area contributed by atoms with Gasteiger partial charge in [-0.25, -0.2) is 8.78 Å². The number of hydrogen-bond donors (Lipinski definition) is 1. The molecule has 2 rings (SSSR count). The van der Waals surface area contributed by atoms with Crippen LogP contribution in [0.1, 0.15) is 11.1 Å². The Bertz CT molecular complexity index is 650. The van der Waals surface area contributed by atoms with Gasteiger partial charge in [0.05, 0.1) is 16.1 Å². The fourth-order valence-electron chi connectivity index (χ4n) is 1.62. The first kappa shape index (κ1) is 13.5. The summed E-state index contributed by atoms with van der Waals surface area (Å²) in [6.45, 7) is 0.00594. The van der Waals surface area contributed by atoms with E-state index in [1.54, 1.807) is 24.3 Å². The molecule has 0 radical (unpaired) electrons. The van der Waals surface area contributed by atoms with Gasteiger partial charge >= 0.3 is 0 Å². The maximum atomic E-state index is 13.7. The number of nitriles is 1. The maximum absolute atomic E-state index is 13.7. The van der Waals surface area contributed by atoms with Crippen LogP contribution >= 0.6 is 15.9 Å². The largest absolute Gasteiger partial charge is 0.381 e. The van der Waals surface area contributed by atoms with Gasteiger partial charge in [-0.05, 0) is 46.3 Å². The summed E-state index contributed by atoms with van der Waals surface area (Å²) in [4.78, 5) is 0. The molecule has 0 saturated heterocycles. The minimum Gasteiger partial charge on any atom is -0.381 e. The highest BCUT2D eigenvalue weighted by Crippen LogP contribution is 2.22. The lowest BCUT2D eigenvalue weighted by Gasteiger charge is -2.09. The molecule has 96 valence electrons. The van der Waals surface area contributed by atoms with Crippen molar-refractivity contribution in [1.82, 2.24) is 0 Å². The lowest BCUT2D eigenvalue weighted by atomic mass is 10.1. The van der Waals surface area contributed by atoms with E-state index in [4.69, 9.17) is 5.26 Å². The first-order valence-electron chi connectivity index (χ1n) is 5.48. The summed E-state index contributed by atoms with van der Waals surface area (Å²) >= 11 is 3.02. The summed E-state index contributed by atoms with van der Waals surface area (Å²) in [6, 6.07) is 11.2. The van der Waals surface area contributed by atoms with Gasteiger partial charge < -0.3 is 5.32 Å². The Labute approximate surface area is 117 Å². The molecular formula is C14H9BrF2N2. The van der Waals surface area contributed by atoms with E-state index in [-0.39, 0.29) is 16.6 Å². The second-order valence-electron chi connectivity index (χ2n) is 3.87. The highest BCUT2D eigenvalue weighted by Gasteiger charge is 2.11. The standard InChI is InChI=1S/C14H9BrF2N2/c15-12-4-5-13(16)11(14(12)17)8-19-10-3-1-2-9(6-10)7-18/h1-6,19H,8H2. The zero-order valence-corrected chi connectivity index (χ0v) is 11.3. The van der Waals surface area contributed by atoms with Gasteiger partial charge in [0.25, 0.3) is 0 Å². The van der Waals surface area contributed by atoms with Crippen molar-refractivity contribution in [3.8, 4) is 6.07 Å². The fraction of sp³-hybridized carbons (Fsp3) is 0.0714. The molecule has 0 bridgehead atoms. The van der Waals surface area contributed by atoms with Crippen LogP contribution in [0.4, 0.5) is 14.5 Å². The molecule has 0 atom stereocenters. The highest BCUT2D eigenvalue weighted by molar-refractivity contribution is 9.10. The molecule has 0 spiro atoms. The molecule has 2 aromatic rings. The Morgan fingerprint density at radius 2 is 2.00 bits per heavy atom. The number of nitrogens with one attached hydrogen (secondary N) is 1. The van der Waals surface area contributed by atoms with E-state index in [2.05, 4.69) is 21.2 Å². The maximum Gasteiger partial charge on any atom is 0.145 e. The second kappa shape index (κ2) is 5.81. The van der Waals surface area contributed by atoms with Crippen molar-refractivity contribution in [2.24, 2.45) is 0 Å². The number of rotatable bonds is 3. The summed E-state index contributed by atoms with van der Waals surface area (Å²) in [5.41, 5.74) is 1.08. The molecule has 1 N–H and O–H groups in total. The van der Waals surface area contributed by atoms with Gasteiger partial charge in [-0.2, -0.15) is 5.26 Å². The van der Waals surface area contributed by atoms with E-state index >= 15 is 0 Å². The van der Waals surface area contributed by atoms with E-state index in [9.17, 15) is 8.78 Å². The summed E-state index contributed by atoms with van der Waals surface area (Å²) in [5.74, 6) is -1.23. The van der Waals surface area contributed by atoms with Gasteiger partial charge in [-0.15, -0.1) is 0 Å². The van der Waals surface area contributed by atoms with Crippen LogP contribution in [0.3, 0.4) is 0 Å². The van der Waals surface area contributed by atoms with Gasteiger partial charge in [0.1, 0.15) is 11.6 Å². The zero-order chi connectivity index (χ0) is 13.8. The number of benzene rings is 2. The van der Waals surface area contributed by atoms with Crippen LogP contribution < -0.4 is 5.32 Å². The third-order valence-corrected chi connectivity index (χ3v) is 3.21. The zero-order valence-electron chi connectivity index (χ0n) is 9.75. The van der Waals surface area contributed by atoms with Crippen molar-refractivity contribution in [2.45, 2.75) is 6.54 Å². The third-order valence-electron chi connectivity index (χ3n) is 2.60. The molecular weight excluding hydrogens is 314 g/mol. The Balaban J connectivity index is 2.19. The van der Waals surface area contributed by atoms with Crippen LogP contribution in [0.5, 0.6) is 0 Å². The predicted octanol–water partition coefficient (Wildman–Crippen LogP) is 4.21. The molecule has 5 heteroatoms. The van der Waals surface area contributed by atoms with Crippen molar-refractivity contribution >= 4 is 21.6 Å². The first-order valence-corrected chi connectivity index (χ1v) is 6.27. The van der Waals surface area contributed by atoms with Crippen molar-refractivity contribution < 1.29 is 8.78 Å². The van der Waals surface area contributed by atoms with Gasteiger partial charge in [-0.3, -0.25) is 0 Å². The third kappa shape index (κ3) is 3.09. The van der Waals surface area contributed by atoms with Gasteiger partial charge in [0, 0.05) is 17.8 Å². The molecule has 0 aliphatic carbocycles. The first-order chi connectivity index (χ1) is 9.11. The molecule has 0 fully saturated rings. The highest BCUT2D eigenvalue weighted by atomic mass is 79.9. The fourth-order valence-corrected chi connectivity index (χ4v) is 1.99. The molecule has 2 aromatic carbocycles. The lowest BCUT2D eigenvalue weighted by Crippen LogP contribution is -2.05. The van der Waals surface area contributed by atoms with Crippen LogP contribution in [0.25, 0.3) is 0 Å². The second-order valence-corrected chi connectivity index (χ2v) is 4.72. The molecule has 0 amide bonds.